The number of aromatic hydroxyl groups is 1. The monoisotopic (exact) mass is 458 g/mol. The SMILES string of the molecule is CCc1ccc(COc2ccc(/C=N\NC(=O)c3ccc(O)c(Cl)c3)c3ccccc23)cc1. The first-order valence-electron chi connectivity index (χ1n) is 10.6. The molecule has 0 heterocycles. The Balaban J connectivity index is 1.49. The summed E-state index contributed by atoms with van der Waals surface area (Å²) in [6.07, 6.45) is 2.60. The number of hydrogen-bond donors (Lipinski definition) is 2. The van der Waals surface area contributed by atoms with Crippen LogP contribution in [0.1, 0.15) is 34.0 Å². The number of nitrogens with one attached hydrogen (secondary N) is 1. The standard InChI is InChI=1S/C27H23ClN2O3/c1-2-18-7-9-19(10-8-18)17-33-26-14-12-21(22-5-3-4-6-23(22)26)16-29-30-27(32)20-11-13-25(31)24(28)15-20/h3-16,31H,2,17H2,1H3,(H,30,32)/b29-16-. The Bertz CT molecular complexity index is 1320. The predicted octanol–water partition coefficient (Wildman–Crippen LogP) is 6.10. The minimum atomic E-state index is -0.425. The fourth-order valence-corrected chi connectivity index (χ4v) is 3.62. The van der Waals surface area contributed by atoms with E-state index < -0.39 is 5.91 Å². The number of nitrogens with zero attached hydrogens (tertiary/aromatic N) is 1. The summed E-state index contributed by atoms with van der Waals surface area (Å²) in [6.45, 7) is 2.61. The first-order chi connectivity index (χ1) is 16.0. The second-order valence-corrected chi connectivity index (χ2v) is 7.93. The lowest BCUT2D eigenvalue weighted by Crippen LogP contribution is -2.17. The molecule has 0 aliphatic rings. The summed E-state index contributed by atoms with van der Waals surface area (Å²) in [4.78, 5) is 12.3. The molecule has 166 valence electrons. The molecule has 5 nitrogen and oxygen atoms in total. The maximum absolute atomic E-state index is 12.3. The van der Waals surface area contributed by atoms with Crippen molar-refractivity contribution in [2.45, 2.75) is 20.0 Å². The van der Waals surface area contributed by atoms with Gasteiger partial charge in [0, 0.05) is 16.5 Å². The third-order valence-electron chi connectivity index (χ3n) is 5.32. The number of amides is 1. The molecule has 0 saturated carbocycles. The molecule has 33 heavy (non-hydrogen) atoms. The molecule has 0 bridgehead atoms. The van der Waals surface area contributed by atoms with Crippen LogP contribution in [0.25, 0.3) is 10.8 Å². The van der Waals surface area contributed by atoms with Gasteiger partial charge in [-0.05, 0) is 53.3 Å². The highest BCUT2D eigenvalue weighted by molar-refractivity contribution is 6.32. The van der Waals surface area contributed by atoms with Crippen molar-refractivity contribution >= 4 is 34.5 Å². The zero-order valence-electron chi connectivity index (χ0n) is 18.1. The van der Waals surface area contributed by atoms with Crippen molar-refractivity contribution in [2.75, 3.05) is 0 Å². The minimum Gasteiger partial charge on any atom is -0.506 e. The Morgan fingerprint density at radius 3 is 2.45 bits per heavy atom. The van der Waals surface area contributed by atoms with Crippen molar-refractivity contribution in [3.8, 4) is 11.5 Å². The molecule has 6 heteroatoms. The van der Waals surface area contributed by atoms with Crippen LogP contribution in [-0.2, 0) is 13.0 Å². The Morgan fingerprint density at radius 2 is 1.73 bits per heavy atom. The highest BCUT2D eigenvalue weighted by Crippen LogP contribution is 2.29. The number of fused-ring (bicyclic) bond motifs is 1. The highest BCUT2D eigenvalue weighted by atomic mass is 35.5. The molecule has 0 unspecified atom stereocenters. The molecule has 0 spiro atoms. The van der Waals surface area contributed by atoms with Crippen LogP contribution in [-0.4, -0.2) is 17.2 Å². The van der Waals surface area contributed by atoms with Crippen LogP contribution in [0.15, 0.2) is 84.0 Å². The largest absolute Gasteiger partial charge is 0.506 e. The van der Waals surface area contributed by atoms with Crippen molar-refractivity contribution in [3.63, 3.8) is 0 Å². The molecule has 0 aromatic heterocycles. The predicted molar refractivity (Wildman–Crippen MR) is 132 cm³/mol. The number of aryl methyl sites for hydroxylation is 1. The summed E-state index contributed by atoms with van der Waals surface area (Å²) in [6, 6.07) is 24.4. The van der Waals surface area contributed by atoms with Gasteiger partial charge >= 0.3 is 0 Å². The van der Waals surface area contributed by atoms with Gasteiger partial charge in [-0.25, -0.2) is 5.43 Å². The molecule has 0 fully saturated rings. The number of hydrazone groups is 1. The van der Waals surface area contributed by atoms with Crippen LogP contribution in [0.4, 0.5) is 0 Å². The molecule has 4 aromatic rings. The van der Waals surface area contributed by atoms with Crippen molar-refractivity contribution < 1.29 is 14.6 Å². The molecular formula is C27H23ClN2O3. The number of benzene rings is 4. The Morgan fingerprint density at radius 1 is 1.00 bits per heavy atom. The van der Waals surface area contributed by atoms with Gasteiger partial charge in [-0.15, -0.1) is 0 Å². The zero-order valence-corrected chi connectivity index (χ0v) is 18.8. The van der Waals surface area contributed by atoms with Gasteiger partial charge in [0.25, 0.3) is 5.91 Å². The Labute approximate surface area is 197 Å². The van der Waals surface area contributed by atoms with Crippen LogP contribution in [0.2, 0.25) is 5.02 Å². The third kappa shape index (κ3) is 5.33. The molecule has 4 aromatic carbocycles. The van der Waals surface area contributed by atoms with E-state index in [1.807, 2.05) is 36.4 Å². The van der Waals surface area contributed by atoms with Gasteiger partial charge in [0.15, 0.2) is 0 Å². The number of ether oxygens (including phenoxy) is 1. The fourth-order valence-electron chi connectivity index (χ4n) is 3.44. The molecule has 2 N–H and O–H groups in total. The number of carbonyl (C=O) groups excluding carboxylic acids is 1. The molecule has 0 saturated heterocycles. The molecule has 0 atom stereocenters. The average molecular weight is 459 g/mol. The summed E-state index contributed by atoms with van der Waals surface area (Å²) in [5, 5.41) is 15.6. The van der Waals surface area contributed by atoms with Crippen LogP contribution in [0.3, 0.4) is 0 Å². The third-order valence-corrected chi connectivity index (χ3v) is 5.63. The lowest BCUT2D eigenvalue weighted by molar-refractivity contribution is 0.0955. The van der Waals surface area contributed by atoms with Crippen LogP contribution in [0, 0.1) is 0 Å². The smallest absolute Gasteiger partial charge is 0.271 e. The van der Waals surface area contributed by atoms with E-state index in [1.54, 1.807) is 6.21 Å². The van der Waals surface area contributed by atoms with Crippen molar-refractivity contribution in [1.29, 1.82) is 0 Å². The Hall–Kier alpha value is -3.83. The fraction of sp³-hybridized carbons (Fsp3) is 0.111. The summed E-state index contributed by atoms with van der Waals surface area (Å²) in [5.41, 5.74) is 6.04. The topological polar surface area (TPSA) is 70.9 Å². The summed E-state index contributed by atoms with van der Waals surface area (Å²) >= 11 is 5.87. The number of phenols is 1. The van der Waals surface area contributed by atoms with Gasteiger partial charge in [0.2, 0.25) is 0 Å². The lowest BCUT2D eigenvalue weighted by atomic mass is 10.0. The van der Waals surface area contributed by atoms with Gasteiger partial charge in [-0.3, -0.25) is 4.79 Å². The summed E-state index contributed by atoms with van der Waals surface area (Å²) < 4.78 is 6.11. The van der Waals surface area contributed by atoms with Crippen LogP contribution in [0.5, 0.6) is 11.5 Å². The molecule has 0 aliphatic carbocycles. The number of phenolic OH excluding ortho intramolecular Hbond substituents is 1. The van der Waals surface area contributed by atoms with E-state index in [-0.39, 0.29) is 10.8 Å². The highest BCUT2D eigenvalue weighted by Gasteiger charge is 2.09. The lowest BCUT2D eigenvalue weighted by Gasteiger charge is -2.11. The van der Waals surface area contributed by atoms with Gasteiger partial charge in [0.1, 0.15) is 18.1 Å². The van der Waals surface area contributed by atoms with E-state index in [0.717, 1.165) is 34.1 Å². The van der Waals surface area contributed by atoms with Gasteiger partial charge in [0.05, 0.1) is 11.2 Å². The van der Waals surface area contributed by atoms with E-state index in [1.165, 1.54) is 23.8 Å². The summed E-state index contributed by atoms with van der Waals surface area (Å²) in [7, 11) is 0. The van der Waals surface area contributed by atoms with Crippen molar-refractivity contribution in [2.24, 2.45) is 5.10 Å². The Kier molecular flexibility index (Phi) is 6.91. The van der Waals surface area contributed by atoms with E-state index in [0.29, 0.717) is 12.2 Å². The minimum absolute atomic E-state index is 0.0801. The summed E-state index contributed by atoms with van der Waals surface area (Å²) in [5.74, 6) is 0.278. The van der Waals surface area contributed by atoms with Crippen molar-refractivity contribution in [1.82, 2.24) is 5.43 Å². The second kappa shape index (κ2) is 10.2. The number of carbonyl (C=O) groups is 1. The first-order valence-corrected chi connectivity index (χ1v) is 11.0. The maximum Gasteiger partial charge on any atom is 0.271 e. The van der Waals surface area contributed by atoms with Crippen LogP contribution >= 0.6 is 11.6 Å². The molecule has 4 rings (SSSR count). The number of rotatable bonds is 7. The quantitative estimate of drug-likeness (QED) is 0.259. The maximum atomic E-state index is 12.3. The molecule has 0 aliphatic heterocycles. The number of hydrogen-bond acceptors (Lipinski definition) is 4. The zero-order chi connectivity index (χ0) is 23.2. The van der Waals surface area contributed by atoms with E-state index in [9.17, 15) is 9.90 Å². The molecular weight excluding hydrogens is 436 g/mol. The van der Waals surface area contributed by atoms with Crippen molar-refractivity contribution in [3.05, 3.63) is 106 Å². The van der Waals surface area contributed by atoms with Crippen LogP contribution < -0.4 is 10.2 Å². The number of halogens is 1. The normalized spacial score (nSPS) is 11.1. The van der Waals surface area contributed by atoms with E-state index in [2.05, 4.69) is 41.7 Å². The molecule has 1 amide bonds. The van der Waals surface area contributed by atoms with Gasteiger partial charge in [-0.1, -0.05) is 67.1 Å². The second-order valence-electron chi connectivity index (χ2n) is 7.52. The first kappa shape index (κ1) is 22.4. The average Bonchev–Trinajstić information content (AvgIpc) is 2.85. The van der Waals surface area contributed by atoms with Gasteiger partial charge in [-0.2, -0.15) is 5.10 Å². The van der Waals surface area contributed by atoms with E-state index >= 15 is 0 Å². The van der Waals surface area contributed by atoms with Gasteiger partial charge < -0.3 is 9.84 Å². The van der Waals surface area contributed by atoms with E-state index in [4.69, 9.17) is 16.3 Å². The molecule has 0 radical (unpaired) electrons.